The fourth-order valence-corrected chi connectivity index (χ4v) is 2.88. The molecule has 0 unspecified atom stereocenters. The standard InChI is InChI=1S/C20H16ClN3O3/c21-16-4-2-1-3-14(16)11-23-20(25)13-7-8-22-19(9-13)24-15-5-6-17-18(10-15)27-12-26-17/h1-10H,11-12H2,(H,22,24)(H,23,25). The normalized spacial score (nSPS) is 11.9. The Balaban J connectivity index is 1.44. The number of nitrogens with zero attached hydrogens (tertiary/aromatic N) is 1. The van der Waals surface area contributed by atoms with E-state index in [2.05, 4.69) is 15.6 Å². The topological polar surface area (TPSA) is 72.5 Å². The van der Waals surface area contributed by atoms with E-state index in [1.165, 1.54) is 0 Å². The molecule has 2 aromatic carbocycles. The van der Waals surface area contributed by atoms with Crippen LogP contribution in [0.2, 0.25) is 5.02 Å². The van der Waals surface area contributed by atoms with Crippen LogP contribution >= 0.6 is 11.6 Å². The maximum Gasteiger partial charge on any atom is 0.251 e. The molecular formula is C20H16ClN3O3. The number of benzene rings is 2. The molecule has 0 saturated carbocycles. The molecule has 0 saturated heterocycles. The lowest BCUT2D eigenvalue weighted by molar-refractivity contribution is 0.0951. The Morgan fingerprint density at radius 3 is 2.81 bits per heavy atom. The lowest BCUT2D eigenvalue weighted by Crippen LogP contribution is -2.23. The number of aromatic nitrogens is 1. The second kappa shape index (κ2) is 7.55. The van der Waals surface area contributed by atoms with Crippen LogP contribution < -0.4 is 20.1 Å². The van der Waals surface area contributed by atoms with E-state index in [4.69, 9.17) is 21.1 Å². The molecule has 2 heterocycles. The number of rotatable bonds is 5. The third-order valence-electron chi connectivity index (χ3n) is 4.06. The molecule has 0 spiro atoms. The van der Waals surface area contributed by atoms with Gasteiger partial charge in [-0.2, -0.15) is 0 Å². The van der Waals surface area contributed by atoms with Gasteiger partial charge in [0.25, 0.3) is 5.91 Å². The van der Waals surface area contributed by atoms with Gasteiger partial charge in [0.1, 0.15) is 5.82 Å². The van der Waals surface area contributed by atoms with E-state index >= 15 is 0 Å². The lowest BCUT2D eigenvalue weighted by Gasteiger charge is -2.09. The van der Waals surface area contributed by atoms with Gasteiger partial charge in [-0.3, -0.25) is 4.79 Å². The van der Waals surface area contributed by atoms with Gasteiger partial charge in [0.2, 0.25) is 6.79 Å². The largest absolute Gasteiger partial charge is 0.454 e. The molecule has 6 nitrogen and oxygen atoms in total. The Kier molecular flexibility index (Phi) is 4.80. The smallest absolute Gasteiger partial charge is 0.251 e. The Hall–Kier alpha value is -3.25. The molecule has 1 amide bonds. The molecule has 4 rings (SSSR count). The highest BCUT2D eigenvalue weighted by Crippen LogP contribution is 2.34. The van der Waals surface area contributed by atoms with Crippen molar-refractivity contribution in [1.29, 1.82) is 0 Å². The van der Waals surface area contributed by atoms with Crippen molar-refractivity contribution in [2.45, 2.75) is 6.54 Å². The molecule has 0 bridgehead atoms. The average molecular weight is 382 g/mol. The summed E-state index contributed by atoms with van der Waals surface area (Å²) < 4.78 is 10.7. The number of ether oxygens (including phenoxy) is 2. The fourth-order valence-electron chi connectivity index (χ4n) is 2.68. The number of hydrogen-bond acceptors (Lipinski definition) is 5. The molecule has 1 aliphatic heterocycles. The van der Waals surface area contributed by atoms with Crippen molar-refractivity contribution in [3.8, 4) is 11.5 Å². The zero-order chi connectivity index (χ0) is 18.6. The minimum absolute atomic E-state index is 0.203. The summed E-state index contributed by atoms with van der Waals surface area (Å²) in [6.07, 6.45) is 1.58. The van der Waals surface area contributed by atoms with Crippen molar-refractivity contribution in [1.82, 2.24) is 10.3 Å². The second-order valence-electron chi connectivity index (χ2n) is 5.90. The molecule has 0 atom stereocenters. The zero-order valence-corrected chi connectivity index (χ0v) is 15.0. The summed E-state index contributed by atoms with van der Waals surface area (Å²) in [5.41, 5.74) is 2.15. The molecule has 27 heavy (non-hydrogen) atoms. The van der Waals surface area contributed by atoms with Crippen LogP contribution in [-0.2, 0) is 6.54 Å². The van der Waals surface area contributed by atoms with E-state index in [0.717, 1.165) is 11.3 Å². The average Bonchev–Trinajstić information content (AvgIpc) is 3.15. The molecule has 0 fully saturated rings. The summed E-state index contributed by atoms with van der Waals surface area (Å²) in [7, 11) is 0. The number of pyridine rings is 1. The number of amides is 1. The molecule has 0 radical (unpaired) electrons. The molecule has 2 N–H and O–H groups in total. The van der Waals surface area contributed by atoms with Crippen molar-refractivity contribution in [3.05, 3.63) is 76.9 Å². The van der Waals surface area contributed by atoms with Crippen molar-refractivity contribution < 1.29 is 14.3 Å². The van der Waals surface area contributed by atoms with Crippen LogP contribution in [-0.4, -0.2) is 17.7 Å². The molecule has 1 aromatic heterocycles. The van der Waals surface area contributed by atoms with Crippen LogP contribution in [0.3, 0.4) is 0 Å². The number of fused-ring (bicyclic) bond motifs is 1. The maximum absolute atomic E-state index is 12.4. The van der Waals surface area contributed by atoms with Gasteiger partial charge < -0.3 is 20.1 Å². The van der Waals surface area contributed by atoms with Crippen LogP contribution in [0.25, 0.3) is 0 Å². The molecule has 0 aliphatic carbocycles. The number of halogens is 1. The molecular weight excluding hydrogens is 366 g/mol. The van der Waals surface area contributed by atoms with Crippen LogP contribution in [0.4, 0.5) is 11.5 Å². The summed E-state index contributed by atoms with van der Waals surface area (Å²) in [4.78, 5) is 16.7. The van der Waals surface area contributed by atoms with Gasteiger partial charge in [0.15, 0.2) is 11.5 Å². The van der Waals surface area contributed by atoms with Crippen molar-refractivity contribution in [2.24, 2.45) is 0 Å². The van der Waals surface area contributed by atoms with Crippen molar-refractivity contribution in [3.63, 3.8) is 0 Å². The predicted octanol–water partition coefficient (Wildman–Crippen LogP) is 4.14. The van der Waals surface area contributed by atoms with Crippen LogP contribution in [0.5, 0.6) is 11.5 Å². The number of anilines is 2. The summed E-state index contributed by atoms with van der Waals surface area (Å²) in [5.74, 6) is 1.74. The molecule has 1 aliphatic rings. The maximum atomic E-state index is 12.4. The minimum Gasteiger partial charge on any atom is -0.454 e. The van der Waals surface area contributed by atoms with Crippen molar-refractivity contribution in [2.75, 3.05) is 12.1 Å². The Labute approximate surface area is 161 Å². The van der Waals surface area contributed by atoms with Gasteiger partial charge in [0.05, 0.1) is 0 Å². The monoisotopic (exact) mass is 381 g/mol. The lowest BCUT2D eigenvalue weighted by atomic mass is 10.2. The number of nitrogens with one attached hydrogen (secondary N) is 2. The molecule has 3 aromatic rings. The first-order valence-electron chi connectivity index (χ1n) is 8.33. The summed E-state index contributed by atoms with van der Waals surface area (Å²) in [5, 5.41) is 6.65. The van der Waals surface area contributed by atoms with Crippen LogP contribution in [0.1, 0.15) is 15.9 Å². The summed E-state index contributed by atoms with van der Waals surface area (Å²) in [6, 6.07) is 16.3. The third kappa shape index (κ3) is 3.96. The van der Waals surface area contributed by atoms with Gasteiger partial charge >= 0.3 is 0 Å². The summed E-state index contributed by atoms with van der Waals surface area (Å²) >= 11 is 6.12. The van der Waals surface area contributed by atoms with E-state index in [-0.39, 0.29) is 12.7 Å². The number of carbonyl (C=O) groups is 1. The highest BCUT2D eigenvalue weighted by atomic mass is 35.5. The van der Waals surface area contributed by atoms with E-state index in [0.29, 0.717) is 34.4 Å². The van der Waals surface area contributed by atoms with E-state index in [1.54, 1.807) is 24.4 Å². The van der Waals surface area contributed by atoms with Gasteiger partial charge in [-0.1, -0.05) is 29.8 Å². The first-order valence-corrected chi connectivity index (χ1v) is 8.71. The Morgan fingerprint density at radius 2 is 1.93 bits per heavy atom. The third-order valence-corrected chi connectivity index (χ3v) is 4.43. The Morgan fingerprint density at radius 1 is 1.07 bits per heavy atom. The van der Waals surface area contributed by atoms with E-state index in [1.807, 2.05) is 36.4 Å². The van der Waals surface area contributed by atoms with Gasteiger partial charge in [-0.15, -0.1) is 0 Å². The van der Waals surface area contributed by atoms with E-state index in [9.17, 15) is 4.79 Å². The fraction of sp³-hybridized carbons (Fsp3) is 0.100. The number of carbonyl (C=O) groups excluding carboxylic acids is 1. The minimum atomic E-state index is -0.203. The second-order valence-corrected chi connectivity index (χ2v) is 6.30. The van der Waals surface area contributed by atoms with Gasteiger partial charge in [0, 0.05) is 35.1 Å². The van der Waals surface area contributed by atoms with Crippen LogP contribution in [0.15, 0.2) is 60.8 Å². The van der Waals surface area contributed by atoms with E-state index < -0.39 is 0 Å². The predicted molar refractivity (Wildman–Crippen MR) is 103 cm³/mol. The first kappa shape index (κ1) is 17.2. The Bertz CT molecular complexity index is 994. The SMILES string of the molecule is O=C(NCc1ccccc1Cl)c1ccnc(Nc2ccc3c(c2)OCO3)c1. The van der Waals surface area contributed by atoms with Gasteiger partial charge in [-0.25, -0.2) is 4.98 Å². The molecule has 7 heteroatoms. The highest BCUT2D eigenvalue weighted by molar-refractivity contribution is 6.31. The number of hydrogen-bond donors (Lipinski definition) is 2. The highest BCUT2D eigenvalue weighted by Gasteiger charge is 2.14. The van der Waals surface area contributed by atoms with Crippen molar-refractivity contribution >= 4 is 29.0 Å². The zero-order valence-electron chi connectivity index (χ0n) is 14.2. The quantitative estimate of drug-likeness (QED) is 0.695. The van der Waals surface area contributed by atoms with Crippen LogP contribution in [0, 0.1) is 0 Å². The first-order chi connectivity index (χ1) is 13.2. The summed E-state index contributed by atoms with van der Waals surface area (Å²) in [6.45, 7) is 0.573. The van der Waals surface area contributed by atoms with Gasteiger partial charge in [-0.05, 0) is 35.9 Å². The molecule has 136 valence electrons.